The molecular formula is C13H20BrNOS. The third-order valence-corrected chi connectivity index (χ3v) is 4.16. The van der Waals surface area contributed by atoms with Crippen molar-refractivity contribution in [3.8, 4) is 0 Å². The molecule has 0 bridgehead atoms. The number of nitrogens with zero attached hydrogens (tertiary/aromatic N) is 1. The molecule has 0 heterocycles. The SMILES string of the molecule is CSCC(C)N(C)CC(O)c1cccc(Br)c1. The predicted octanol–water partition coefficient (Wildman–Crippen LogP) is 3.17. The highest BCUT2D eigenvalue weighted by atomic mass is 79.9. The number of halogens is 1. The number of thioether (sulfide) groups is 1. The number of hydrogen-bond acceptors (Lipinski definition) is 3. The van der Waals surface area contributed by atoms with Crippen LogP contribution in [0.3, 0.4) is 0 Å². The lowest BCUT2D eigenvalue weighted by molar-refractivity contribution is 0.113. The highest BCUT2D eigenvalue weighted by Gasteiger charge is 2.14. The molecule has 0 fully saturated rings. The smallest absolute Gasteiger partial charge is 0.0917 e. The summed E-state index contributed by atoms with van der Waals surface area (Å²) in [5.74, 6) is 1.09. The number of rotatable bonds is 6. The molecule has 4 heteroatoms. The van der Waals surface area contributed by atoms with Crippen molar-refractivity contribution >= 4 is 27.7 Å². The summed E-state index contributed by atoms with van der Waals surface area (Å²) >= 11 is 5.26. The van der Waals surface area contributed by atoms with Crippen LogP contribution in [-0.2, 0) is 0 Å². The Morgan fingerprint density at radius 3 is 2.76 bits per heavy atom. The fraction of sp³-hybridized carbons (Fsp3) is 0.538. The van der Waals surface area contributed by atoms with E-state index in [0.717, 1.165) is 15.8 Å². The highest BCUT2D eigenvalue weighted by molar-refractivity contribution is 9.10. The summed E-state index contributed by atoms with van der Waals surface area (Å²) in [5.41, 5.74) is 0.961. The molecule has 0 aliphatic carbocycles. The molecule has 0 aliphatic heterocycles. The van der Waals surface area contributed by atoms with Crippen molar-refractivity contribution in [3.05, 3.63) is 34.3 Å². The summed E-state index contributed by atoms with van der Waals surface area (Å²) in [6.45, 7) is 2.85. The van der Waals surface area contributed by atoms with Gasteiger partial charge in [-0.3, -0.25) is 4.90 Å². The van der Waals surface area contributed by atoms with Gasteiger partial charge in [-0.25, -0.2) is 0 Å². The van der Waals surface area contributed by atoms with Crippen LogP contribution >= 0.6 is 27.7 Å². The van der Waals surface area contributed by atoms with Gasteiger partial charge in [-0.05, 0) is 37.9 Å². The van der Waals surface area contributed by atoms with Crippen molar-refractivity contribution in [2.75, 3.05) is 25.6 Å². The second-order valence-electron chi connectivity index (χ2n) is 4.31. The second kappa shape index (κ2) is 7.41. The van der Waals surface area contributed by atoms with Crippen LogP contribution in [0.4, 0.5) is 0 Å². The van der Waals surface area contributed by atoms with Crippen LogP contribution in [0.25, 0.3) is 0 Å². The number of hydrogen-bond donors (Lipinski definition) is 1. The minimum Gasteiger partial charge on any atom is -0.387 e. The Morgan fingerprint density at radius 2 is 2.18 bits per heavy atom. The van der Waals surface area contributed by atoms with Gasteiger partial charge in [0.15, 0.2) is 0 Å². The Kier molecular flexibility index (Phi) is 6.55. The molecule has 2 unspecified atom stereocenters. The molecular weight excluding hydrogens is 298 g/mol. The predicted molar refractivity (Wildman–Crippen MR) is 79.6 cm³/mol. The second-order valence-corrected chi connectivity index (χ2v) is 6.14. The van der Waals surface area contributed by atoms with Gasteiger partial charge < -0.3 is 5.11 Å². The van der Waals surface area contributed by atoms with E-state index in [1.807, 2.05) is 36.0 Å². The Labute approximate surface area is 117 Å². The molecule has 0 aromatic heterocycles. The molecule has 0 saturated carbocycles. The van der Waals surface area contributed by atoms with E-state index in [9.17, 15) is 5.11 Å². The molecule has 2 nitrogen and oxygen atoms in total. The summed E-state index contributed by atoms with van der Waals surface area (Å²) in [6.07, 6.45) is 1.68. The van der Waals surface area contributed by atoms with Crippen LogP contribution in [0, 0.1) is 0 Å². The van der Waals surface area contributed by atoms with E-state index < -0.39 is 6.10 Å². The van der Waals surface area contributed by atoms with E-state index in [4.69, 9.17) is 0 Å². The zero-order valence-electron chi connectivity index (χ0n) is 10.6. The van der Waals surface area contributed by atoms with Crippen molar-refractivity contribution in [1.82, 2.24) is 4.90 Å². The molecule has 1 aromatic carbocycles. The third-order valence-electron chi connectivity index (χ3n) is 2.85. The maximum Gasteiger partial charge on any atom is 0.0917 e. The first-order valence-electron chi connectivity index (χ1n) is 5.67. The molecule has 0 amide bonds. The third kappa shape index (κ3) is 5.00. The van der Waals surface area contributed by atoms with Crippen LogP contribution in [0.2, 0.25) is 0 Å². The molecule has 2 atom stereocenters. The standard InChI is InChI=1S/C13H20BrNOS/c1-10(9-17-3)15(2)8-13(16)11-5-4-6-12(14)7-11/h4-7,10,13,16H,8-9H2,1-3H3. The minimum absolute atomic E-state index is 0.429. The summed E-state index contributed by atoms with van der Waals surface area (Å²) in [7, 11) is 2.06. The monoisotopic (exact) mass is 317 g/mol. The lowest BCUT2D eigenvalue weighted by Crippen LogP contribution is -2.34. The molecule has 1 N–H and O–H groups in total. The van der Waals surface area contributed by atoms with E-state index in [1.54, 1.807) is 0 Å². The number of aliphatic hydroxyl groups is 1. The van der Waals surface area contributed by atoms with Gasteiger partial charge >= 0.3 is 0 Å². The number of aliphatic hydroxyl groups excluding tert-OH is 1. The summed E-state index contributed by atoms with van der Waals surface area (Å²) in [4.78, 5) is 2.20. The maximum absolute atomic E-state index is 10.2. The Balaban J connectivity index is 2.56. The van der Waals surface area contributed by atoms with E-state index in [0.29, 0.717) is 12.6 Å². The zero-order chi connectivity index (χ0) is 12.8. The maximum atomic E-state index is 10.2. The average molecular weight is 318 g/mol. The first-order chi connectivity index (χ1) is 8.04. The zero-order valence-corrected chi connectivity index (χ0v) is 13.0. The minimum atomic E-state index is -0.429. The quantitative estimate of drug-likeness (QED) is 0.871. The molecule has 17 heavy (non-hydrogen) atoms. The van der Waals surface area contributed by atoms with E-state index in [-0.39, 0.29) is 0 Å². The molecule has 96 valence electrons. The van der Waals surface area contributed by atoms with Crippen molar-refractivity contribution in [1.29, 1.82) is 0 Å². The summed E-state index contributed by atoms with van der Waals surface area (Å²) in [5, 5.41) is 10.2. The normalized spacial score (nSPS) is 14.9. The van der Waals surface area contributed by atoms with Crippen LogP contribution in [0.15, 0.2) is 28.7 Å². The Morgan fingerprint density at radius 1 is 1.47 bits per heavy atom. The van der Waals surface area contributed by atoms with Crippen molar-refractivity contribution < 1.29 is 5.11 Å². The number of benzene rings is 1. The summed E-state index contributed by atoms with van der Waals surface area (Å²) in [6, 6.07) is 8.33. The van der Waals surface area contributed by atoms with Crippen molar-refractivity contribution in [2.24, 2.45) is 0 Å². The van der Waals surface area contributed by atoms with Gasteiger partial charge in [0, 0.05) is 22.8 Å². The molecule has 1 aromatic rings. The van der Waals surface area contributed by atoms with E-state index in [2.05, 4.69) is 41.1 Å². The average Bonchev–Trinajstić information content (AvgIpc) is 2.29. The first kappa shape index (κ1) is 15.0. The van der Waals surface area contributed by atoms with Gasteiger partial charge in [0.1, 0.15) is 0 Å². The highest BCUT2D eigenvalue weighted by Crippen LogP contribution is 2.19. The van der Waals surface area contributed by atoms with Crippen molar-refractivity contribution in [2.45, 2.75) is 19.1 Å². The van der Waals surface area contributed by atoms with Crippen LogP contribution in [0.1, 0.15) is 18.6 Å². The van der Waals surface area contributed by atoms with Crippen LogP contribution in [-0.4, -0.2) is 41.6 Å². The fourth-order valence-electron chi connectivity index (χ4n) is 1.64. The lowest BCUT2D eigenvalue weighted by atomic mass is 10.1. The van der Waals surface area contributed by atoms with Gasteiger partial charge in [-0.2, -0.15) is 11.8 Å². The van der Waals surface area contributed by atoms with Gasteiger partial charge in [-0.1, -0.05) is 28.1 Å². The van der Waals surface area contributed by atoms with Gasteiger partial charge in [0.05, 0.1) is 6.10 Å². The summed E-state index contributed by atoms with van der Waals surface area (Å²) < 4.78 is 1.01. The van der Waals surface area contributed by atoms with E-state index >= 15 is 0 Å². The topological polar surface area (TPSA) is 23.5 Å². The molecule has 1 rings (SSSR count). The molecule has 0 aliphatic rings. The Hall–Kier alpha value is -0.0300. The van der Waals surface area contributed by atoms with Crippen LogP contribution < -0.4 is 0 Å². The lowest BCUT2D eigenvalue weighted by Gasteiger charge is -2.26. The van der Waals surface area contributed by atoms with Gasteiger partial charge in [0.2, 0.25) is 0 Å². The number of likely N-dealkylation sites (N-methyl/N-ethyl adjacent to an activating group) is 1. The largest absolute Gasteiger partial charge is 0.387 e. The molecule has 0 spiro atoms. The molecule has 0 radical (unpaired) electrons. The van der Waals surface area contributed by atoms with Gasteiger partial charge in [0.25, 0.3) is 0 Å². The molecule has 0 saturated heterocycles. The van der Waals surface area contributed by atoms with Crippen LogP contribution in [0.5, 0.6) is 0 Å². The Bertz CT molecular complexity index is 348. The van der Waals surface area contributed by atoms with E-state index in [1.165, 1.54) is 0 Å². The van der Waals surface area contributed by atoms with Gasteiger partial charge in [-0.15, -0.1) is 0 Å². The fourth-order valence-corrected chi connectivity index (χ4v) is 2.79. The van der Waals surface area contributed by atoms with Crippen molar-refractivity contribution in [3.63, 3.8) is 0 Å². The first-order valence-corrected chi connectivity index (χ1v) is 7.86.